The molecule has 0 spiro atoms. The van der Waals surface area contributed by atoms with Crippen LogP contribution in [0.3, 0.4) is 0 Å². The van der Waals surface area contributed by atoms with Crippen molar-refractivity contribution < 1.29 is 9.59 Å². The summed E-state index contributed by atoms with van der Waals surface area (Å²) in [5.74, 6) is -0.368. The van der Waals surface area contributed by atoms with Crippen LogP contribution < -0.4 is 27.8 Å². The van der Waals surface area contributed by atoms with Crippen LogP contribution >= 0.6 is 0 Å². The van der Waals surface area contributed by atoms with Crippen LogP contribution in [0.1, 0.15) is 148 Å². The molecule has 0 aliphatic rings. The molecule has 0 saturated carbocycles. The van der Waals surface area contributed by atoms with Crippen molar-refractivity contribution in [3.05, 3.63) is 0 Å². The van der Waals surface area contributed by atoms with E-state index in [0.29, 0.717) is 32.5 Å². The van der Waals surface area contributed by atoms with Crippen LogP contribution in [0, 0.1) is 0 Å². The van der Waals surface area contributed by atoms with Gasteiger partial charge in [0.1, 0.15) is 6.04 Å². The fraction of sp³-hybridized carbons (Fsp3) is 0.933. The van der Waals surface area contributed by atoms with Crippen LogP contribution in [-0.2, 0) is 9.59 Å². The van der Waals surface area contributed by atoms with Crippen molar-refractivity contribution in [1.29, 1.82) is 0 Å². The molecule has 220 valence electrons. The number of hydrogen-bond donors (Lipinski definition) is 5. The normalized spacial score (nSPS) is 12.9. The molecule has 0 aliphatic heterocycles. The second-order valence-electron chi connectivity index (χ2n) is 10.8. The summed E-state index contributed by atoms with van der Waals surface area (Å²) in [7, 11) is 0. The van der Waals surface area contributed by atoms with Gasteiger partial charge in [-0.15, -0.1) is 0 Å². The Morgan fingerprint density at radius 2 is 1.00 bits per heavy atom. The summed E-state index contributed by atoms with van der Waals surface area (Å²) < 4.78 is 0. The quantitative estimate of drug-likeness (QED) is 0.0867. The molecule has 2 atom stereocenters. The maximum atomic E-state index is 12.7. The Labute approximate surface area is 229 Å². The molecule has 0 bridgehead atoms. The molecule has 0 saturated heterocycles. The van der Waals surface area contributed by atoms with Crippen LogP contribution in [0.4, 0.5) is 0 Å². The van der Waals surface area contributed by atoms with Gasteiger partial charge < -0.3 is 27.8 Å². The van der Waals surface area contributed by atoms with E-state index < -0.39 is 12.1 Å². The number of unbranched alkanes of at least 4 members (excludes halogenated alkanes) is 17. The number of nitrogens with two attached hydrogens (primary N) is 3. The van der Waals surface area contributed by atoms with E-state index in [1.165, 1.54) is 89.9 Å². The van der Waals surface area contributed by atoms with E-state index >= 15 is 0 Å². The molecule has 0 rings (SSSR count). The van der Waals surface area contributed by atoms with Gasteiger partial charge in [0, 0.05) is 6.54 Å². The van der Waals surface area contributed by atoms with Crippen LogP contribution in [-0.4, -0.2) is 43.5 Å². The third kappa shape index (κ3) is 23.7. The lowest BCUT2D eigenvalue weighted by atomic mass is 10.0. The van der Waals surface area contributed by atoms with Gasteiger partial charge >= 0.3 is 0 Å². The Morgan fingerprint density at radius 1 is 0.568 bits per heavy atom. The number of hydrogen-bond acceptors (Lipinski definition) is 5. The Kier molecular flexibility index (Phi) is 27.0. The first-order valence-corrected chi connectivity index (χ1v) is 15.8. The number of rotatable bonds is 28. The number of carbonyl (C=O) groups is 2. The highest BCUT2D eigenvalue weighted by Crippen LogP contribution is 2.13. The van der Waals surface area contributed by atoms with E-state index in [0.717, 1.165) is 38.5 Å². The smallest absolute Gasteiger partial charge is 0.242 e. The molecule has 0 radical (unpaired) electrons. The molecule has 0 aliphatic carbocycles. The van der Waals surface area contributed by atoms with Gasteiger partial charge in [0.05, 0.1) is 6.04 Å². The summed E-state index contributed by atoms with van der Waals surface area (Å²) >= 11 is 0. The number of nitrogens with one attached hydrogen (secondary N) is 2. The van der Waals surface area contributed by atoms with Gasteiger partial charge in [-0.2, -0.15) is 0 Å². The summed E-state index contributed by atoms with van der Waals surface area (Å²) in [5.41, 5.74) is 17.1. The van der Waals surface area contributed by atoms with Gasteiger partial charge in [0.2, 0.25) is 11.8 Å². The van der Waals surface area contributed by atoms with E-state index in [2.05, 4.69) is 17.6 Å². The molecule has 0 aromatic carbocycles. The van der Waals surface area contributed by atoms with Crippen molar-refractivity contribution in [3.63, 3.8) is 0 Å². The summed E-state index contributed by atoms with van der Waals surface area (Å²) in [5, 5.41) is 5.87. The lowest BCUT2D eigenvalue weighted by Gasteiger charge is -2.21. The highest BCUT2D eigenvalue weighted by molar-refractivity contribution is 5.89. The summed E-state index contributed by atoms with van der Waals surface area (Å²) in [6, 6.07) is -1.14. The van der Waals surface area contributed by atoms with Gasteiger partial charge in [-0.3, -0.25) is 9.59 Å². The molecule has 2 amide bonds. The zero-order valence-corrected chi connectivity index (χ0v) is 24.4. The van der Waals surface area contributed by atoms with Crippen molar-refractivity contribution in [3.8, 4) is 0 Å². The van der Waals surface area contributed by atoms with Gasteiger partial charge in [-0.25, -0.2) is 0 Å². The Bertz CT molecular complexity index is 518. The van der Waals surface area contributed by atoms with Crippen molar-refractivity contribution in [2.24, 2.45) is 17.2 Å². The molecular formula is C30H63N5O2. The number of carbonyl (C=O) groups excluding carboxylic acids is 2. The minimum absolute atomic E-state index is 0.111. The van der Waals surface area contributed by atoms with E-state index in [9.17, 15) is 9.59 Å². The van der Waals surface area contributed by atoms with Crippen molar-refractivity contribution in [2.75, 3.05) is 19.6 Å². The van der Waals surface area contributed by atoms with Gasteiger partial charge in [-0.1, -0.05) is 110 Å². The standard InChI is InChI=1S/C30H63N5O2/c1-2-3-4-5-6-7-8-9-10-11-12-13-14-15-16-21-26-34-30(37)28(23-18-20-25-32)35-29(36)27(33)22-17-19-24-31/h27-28H,2-26,31-33H2,1H3,(H,34,37)(H,35,36)/t27-,28-/m1/s1. The van der Waals surface area contributed by atoms with E-state index in [1.807, 2.05) is 0 Å². The Balaban J connectivity index is 3.84. The summed E-state index contributed by atoms with van der Waals surface area (Å²) in [4.78, 5) is 25.1. The molecule has 7 heteroatoms. The predicted molar refractivity (Wildman–Crippen MR) is 158 cm³/mol. The Hall–Kier alpha value is -1.18. The molecule has 7 nitrogen and oxygen atoms in total. The molecule has 0 aromatic rings. The lowest BCUT2D eigenvalue weighted by molar-refractivity contribution is -0.129. The fourth-order valence-electron chi connectivity index (χ4n) is 4.69. The molecule has 0 heterocycles. The summed E-state index contributed by atoms with van der Waals surface area (Å²) in [6.45, 7) is 4.11. The zero-order chi connectivity index (χ0) is 27.4. The monoisotopic (exact) mass is 525 g/mol. The van der Waals surface area contributed by atoms with Crippen LogP contribution in [0.5, 0.6) is 0 Å². The average Bonchev–Trinajstić information content (AvgIpc) is 2.89. The second-order valence-corrected chi connectivity index (χ2v) is 10.8. The summed E-state index contributed by atoms with van der Waals surface area (Å²) in [6.07, 6.45) is 25.8. The van der Waals surface area contributed by atoms with Crippen molar-refractivity contribution in [2.45, 2.75) is 160 Å². The largest absolute Gasteiger partial charge is 0.354 e. The van der Waals surface area contributed by atoms with E-state index in [-0.39, 0.29) is 11.8 Å². The van der Waals surface area contributed by atoms with E-state index in [1.54, 1.807) is 0 Å². The highest BCUT2D eigenvalue weighted by atomic mass is 16.2. The topological polar surface area (TPSA) is 136 Å². The first kappa shape index (κ1) is 35.8. The maximum absolute atomic E-state index is 12.7. The van der Waals surface area contributed by atoms with Gasteiger partial charge in [0.15, 0.2) is 0 Å². The zero-order valence-electron chi connectivity index (χ0n) is 24.4. The SMILES string of the molecule is CCCCCCCCCCCCCCCCCCNC(=O)[C@@H](CCCCN)NC(=O)[C@H](N)CCCCN. The van der Waals surface area contributed by atoms with Gasteiger partial charge in [0.25, 0.3) is 0 Å². The average molecular weight is 526 g/mol. The predicted octanol–water partition coefficient (Wildman–Crippen LogP) is 5.43. The van der Waals surface area contributed by atoms with Crippen molar-refractivity contribution >= 4 is 11.8 Å². The fourth-order valence-corrected chi connectivity index (χ4v) is 4.69. The third-order valence-electron chi connectivity index (χ3n) is 7.22. The molecule has 0 unspecified atom stereocenters. The second kappa shape index (κ2) is 27.8. The number of amides is 2. The van der Waals surface area contributed by atoms with Gasteiger partial charge in [-0.05, 0) is 51.6 Å². The molecular weight excluding hydrogens is 462 g/mol. The lowest BCUT2D eigenvalue weighted by Crippen LogP contribution is -2.51. The minimum Gasteiger partial charge on any atom is -0.354 e. The maximum Gasteiger partial charge on any atom is 0.242 e. The molecule has 0 fully saturated rings. The van der Waals surface area contributed by atoms with Crippen LogP contribution in [0.25, 0.3) is 0 Å². The first-order valence-electron chi connectivity index (χ1n) is 15.8. The molecule has 8 N–H and O–H groups in total. The third-order valence-corrected chi connectivity index (χ3v) is 7.22. The van der Waals surface area contributed by atoms with Crippen LogP contribution in [0.15, 0.2) is 0 Å². The van der Waals surface area contributed by atoms with Crippen LogP contribution in [0.2, 0.25) is 0 Å². The Morgan fingerprint density at radius 3 is 1.46 bits per heavy atom. The highest BCUT2D eigenvalue weighted by Gasteiger charge is 2.23. The van der Waals surface area contributed by atoms with Crippen molar-refractivity contribution in [1.82, 2.24) is 10.6 Å². The molecule has 37 heavy (non-hydrogen) atoms. The minimum atomic E-state index is -0.600. The molecule has 0 aromatic heterocycles. The first-order chi connectivity index (χ1) is 18.1. The van der Waals surface area contributed by atoms with E-state index in [4.69, 9.17) is 17.2 Å².